The molecule has 0 fully saturated rings. The first-order valence-corrected chi connectivity index (χ1v) is 12.3. The highest BCUT2D eigenvalue weighted by Crippen LogP contribution is 2.46. The molecule has 1 heterocycles. The van der Waals surface area contributed by atoms with E-state index in [1.165, 1.54) is 14.2 Å². The number of nitrogens with one attached hydrogen (secondary N) is 1. The third-order valence-corrected chi connectivity index (χ3v) is 6.69. The van der Waals surface area contributed by atoms with Gasteiger partial charge in [0.25, 0.3) is 0 Å². The molecule has 3 aromatic rings. The van der Waals surface area contributed by atoms with E-state index >= 15 is 0 Å². The number of benzene rings is 2. The van der Waals surface area contributed by atoms with E-state index in [9.17, 15) is 9.59 Å². The number of amides is 1. The number of hydrogen-bond acceptors (Lipinski definition) is 6. The molecule has 0 saturated carbocycles. The largest absolute Gasteiger partial charge is 0.497 e. The molecule has 9 nitrogen and oxygen atoms in total. The van der Waals surface area contributed by atoms with Crippen molar-refractivity contribution in [2.45, 2.75) is 19.9 Å². The maximum absolute atomic E-state index is 13.0. The molecule has 0 bridgehead atoms. The number of carbonyl (C=O) groups excluding carboxylic acids is 1. The van der Waals surface area contributed by atoms with E-state index in [2.05, 4.69) is 5.32 Å². The van der Waals surface area contributed by atoms with Crippen LogP contribution in [0.4, 0.5) is 0 Å². The number of ether oxygens (including phenoxy) is 4. The van der Waals surface area contributed by atoms with Gasteiger partial charge in [0.05, 0.1) is 34.3 Å². The Morgan fingerprint density at radius 3 is 2.31 bits per heavy atom. The van der Waals surface area contributed by atoms with E-state index in [4.69, 9.17) is 24.1 Å². The Morgan fingerprint density at radius 1 is 1.00 bits per heavy atom. The molecule has 4 rings (SSSR count). The lowest BCUT2D eigenvalue weighted by atomic mass is 10.00. The maximum atomic E-state index is 13.0. The quantitative estimate of drug-likeness (QED) is 0.373. The number of nitrogens with zero attached hydrogens (tertiary/aromatic N) is 1. The van der Waals surface area contributed by atoms with Crippen molar-refractivity contribution in [3.05, 3.63) is 76.6 Å². The van der Waals surface area contributed by atoms with Crippen LogP contribution in [0.15, 0.2) is 54.2 Å². The van der Waals surface area contributed by atoms with Gasteiger partial charge in [0, 0.05) is 18.9 Å². The van der Waals surface area contributed by atoms with Gasteiger partial charge < -0.3 is 33.9 Å². The van der Waals surface area contributed by atoms with Crippen LogP contribution in [-0.4, -0.2) is 49.5 Å². The Bertz CT molecular complexity index is 1440. The van der Waals surface area contributed by atoms with Gasteiger partial charge in [-0.05, 0) is 82.8 Å². The first-order valence-electron chi connectivity index (χ1n) is 12.3. The normalized spacial score (nSPS) is 13.3. The van der Waals surface area contributed by atoms with Crippen LogP contribution in [0.5, 0.6) is 23.0 Å². The summed E-state index contributed by atoms with van der Waals surface area (Å²) in [5, 5.41) is 12.0. The number of carboxylic acids is 1. The molecule has 0 aliphatic heterocycles. The van der Waals surface area contributed by atoms with Gasteiger partial charge in [-0.15, -0.1) is 0 Å². The average molecular weight is 533 g/mol. The molecule has 9 heteroatoms. The van der Waals surface area contributed by atoms with Crippen LogP contribution in [0.2, 0.25) is 0 Å². The van der Waals surface area contributed by atoms with Crippen molar-refractivity contribution in [2.75, 3.05) is 27.9 Å². The van der Waals surface area contributed by atoms with E-state index in [1.54, 1.807) is 19.2 Å². The lowest BCUT2D eigenvalue weighted by molar-refractivity contribution is -0.139. The maximum Gasteiger partial charge on any atom is 0.341 e. The van der Waals surface area contributed by atoms with E-state index in [0.29, 0.717) is 23.8 Å². The van der Waals surface area contributed by atoms with Crippen molar-refractivity contribution in [3.63, 3.8) is 0 Å². The summed E-state index contributed by atoms with van der Waals surface area (Å²) >= 11 is 0. The molecular weight excluding hydrogens is 500 g/mol. The summed E-state index contributed by atoms with van der Waals surface area (Å²) in [6.07, 6.45) is 4.14. The fourth-order valence-electron chi connectivity index (χ4n) is 4.63. The minimum atomic E-state index is -1.11. The van der Waals surface area contributed by atoms with Crippen molar-refractivity contribution in [2.24, 2.45) is 7.05 Å². The first-order chi connectivity index (χ1) is 18.7. The van der Waals surface area contributed by atoms with Gasteiger partial charge in [-0.1, -0.05) is 6.07 Å². The monoisotopic (exact) mass is 532 g/mol. The predicted octanol–water partition coefficient (Wildman–Crippen LogP) is 4.55. The van der Waals surface area contributed by atoms with Crippen LogP contribution >= 0.6 is 0 Å². The zero-order valence-corrected chi connectivity index (χ0v) is 22.7. The number of fused-ring (bicyclic) bond motifs is 1. The van der Waals surface area contributed by atoms with Crippen LogP contribution in [0, 0.1) is 0 Å². The zero-order valence-electron chi connectivity index (χ0n) is 22.7. The Hall–Kier alpha value is -4.66. The second-order valence-electron chi connectivity index (χ2n) is 9.07. The first kappa shape index (κ1) is 27.4. The number of aryl methyl sites for hydroxylation is 1. The van der Waals surface area contributed by atoms with Crippen molar-refractivity contribution in [3.8, 4) is 23.0 Å². The molecule has 0 saturated heterocycles. The van der Waals surface area contributed by atoms with Gasteiger partial charge in [-0.2, -0.15) is 0 Å². The van der Waals surface area contributed by atoms with Gasteiger partial charge in [-0.25, -0.2) is 4.79 Å². The summed E-state index contributed by atoms with van der Waals surface area (Å²) in [5.74, 6) is 0.416. The topological polar surface area (TPSA) is 108 Å². The van der Waals surface area contributed by atoms with Crippen LogP contribution < -0.4 is 24.3 Å². The van der Waals surface area contributed by atoms with Crippen LogP contribution in [0.3, 0.4) is 0 Å². The van der Waals surface area contributed by atoms with Crippen molar-refractivity contribution >= 4 is 29.1 Å². The number of methoxy groups -OCH3 is 3. The molecular formula is C30H32N2O7. The number of carbonyl (C=O) groups is 2. The number of aliphatic carboxylic acids is 1. The average Bonchev–Trinajstić information content (AvgIpc) is 3.45. The molecule has 0 atom stereocenters. The summed E-state index contributed by atoms with van der Waals surface area (Å²) in [6, 6.07) is 13.3. The molecule has 1 aliphatic rings. The van der Waals surface area contributed by atoms with Crippen LogP contribution in [0.1, 0.15) is 35.7 Å². The molecule has 204 valence electrons. The van der Waals surface area contributed by atoms with E-state index in [-0.39, 0.29) is 18.1 Å². The molecule has 1 amide bonds. The zero-order chi connectivity index (χ0) is 28.1. The van der Waals surface area contributed by atoms with Crippen LogP contribution in [-0.2, 0) is 23.2 Å². The molecule has 1 aliphatic carbocycles. The van der Waals surface area contributed by atoms with Gasteiger partial charge in [0.15, 0.2) is 18.1 Å². The summed E-state index contributed by atoms with van der Waals surface area (Å²) in [4.78, 5) is 24.0. The Morgan fingerprint density at radius 2 is 1.72 bits per heavy atom. The summed E-state index contributed by atoms with van der Waals surface area (Å²) in [7, 11) is 6.52. The SMILES string of the molecule is COc1ccc2c(c1)C(CC(=O)NCc1cccn1C)=C(C)/C2=C/c1cc(OC)c(OCC(=O)O)c(OC)c1. The van der Waals surface area contributed by atoms with Gasteiger partial charge in [0.1, 0.15) is 5.75 Å². The predicted molar refractivity (Wildman–Crippen MR) is 148 cm³/mol. The Labute approximate surface area is 227 Å². The van der Waals surface area contributed by atoms with E-state index < -0.39 is 12.6 Å². The number of carboxylic acid groups (broad SMARTS) is 1. The molecule has 0 spiro atoms. The standard InChI is InChI=1S/C30H32N2O7/c1-18-23(11-19-12-26(37-4)30(27(13-19)38-5)39-17-29(34)35)22-9-8-21(36-3)14-25(22)24(18)15-28(33)31-16-20-7-6-10-32(20)2/h6-14H,15-17H2,1-5H3,(H,31,33)(H,34,35)/b23-11-. The highest BCUT2D eigenvalue weighted by molar-refractivity contribution is 6.08. The molecule has 1 aromatic heterocycles. The summed E-state index contributed by atoms with van der Waals surface area (Å²) in [6.45, 7) is 1.91. The second kappa shape index (κ2) is 11.8. The van der Waals surface area contributed by atoms with Gasteiger partial charge in [-0.3, -0.25) is 4.79 Å². The Kier molecular flexibility index (Phi) is 8.29. The lowest BCUT2D eigenvalue weighted by Crippen LogP contribution is -2.23. The lowest BCUT2D eigenvalue weighted by Gasteiger charge is -2.15. The van der Waals surface area contributed by atoms with Crippen molar-refractivity contribution in [1.82, 2.24) is 9.88 Å². The fourth-order valence-corrected chi connectivity index (χ4v) is 4.63. The van der Waals surface area contributed by atoms with Crippen molar-refractivity contribution in [1.29, 1.82) is 0 Å². The number of allylic oxidation sites excluding steroid dienone is 2. The molecule has 2 N–H and O–H groups in total. The summed E-state index contributed by atoms with van der Waals surface area (Å²) < 4.78 is 23.8. The molecule has 39 heavy (non-hydrogen) atoms. The van der Waals surface area contributed by atoms with Crippen LogP contribution in [0.25, 0.3) is 17.2 Å². The molecule has 0 unspecified atom stereocenters. The molecule has 2 aromatic carbocycles. The van der Waals surface area contributed by atoms with E-state index in [1.807, 2.05) is 61.1 Å². The smallest absolute Gasteiger partial charge is 0.341 e. The third-order valence-electron chi connectivity index (χ3n) is 6.69. The highest BCUT2D eigenvalue weighted by atomic mass is 16.5. The van der Waals surface area contributed by atoms with Gasteiger partial charge in [0.2, 0.25) is 11.7 Å². The molecule has 0 radical (unpaired) electrons. The minimum absolute atomic E-state index is 0.0798. The highest BCUT2D eigenvalue weighted by Gasteiger charge is 2.26. The summed E-state index contributed by atoms with van der Waals surface area (Å²) in [5.41, 5.74) is 6.52. The van der Waals surface area contributed by atoms with Gasteiger partial charge >= 0.3 is 5.97 Å². The minimum Gasteiger partial charge on any atom is -0.497 e. The fraction of sp³-hybridized carbons (Fsp3) is 0.267. The second-order valence-corrected chi connectivity index (χ2v) is 9.07. The Balaban J connectivity index is 1.70. The number of aromatic nitrogens is 1. The van der Waals surface area contributed by atoms with E-state index in [0.717, 1.165) is 39.1 Å². The number of hydrogen-bond donors (Lipinski definition) is 2. The number of rotatable bonds is 11. The third kappa shape index (κ3) is 5.93. The van der Waals surface area contributed by atoms with Crippen molar-refractivity contribution < 1.29 is 33.6 Å².